The number of H-pyrrole nitrogens is 1. The molecule has 0 aliphatic carbocycles. The topological polar surface area (TPSA) is 32.9 Å². The summed E-state index contributed by atoms with van der Waals surface area (Å²) in [4.78, 5) is 14.5. The fraction of sp³-hybridized carbons (Fsp3) is 0.250. The number of fused-ring (bicyclic) bond motifs is 1. The van der Waals surface area contributed by atoms with Crippen LogP contribution >= 0.6 is 11.6 Å². The predicted molar refractivity (Wildman–Crippen MR) is 63.6 cm³/mol. The number of aryl methyl sites for hydroxylation is 1. The Morgan fingerprint density at radius 1 is 1.33 bits per heavy atom. The van der Waals surface area contributed by atoms with Gasteiger partial charge in [0.1, 0.15) is 0 Å². The van der Waals surface area contributed by atoms with Crippen molar-refractivity contribution < 1.29 is 0 Å². The fourth-order valence-corrected chi connectivity index (χ4v) is 1.79. The number of hydrogen-bond donors (Lipinski definition) is 1. The maximum Gasteiger partial charge on any atom is 0.253 e. The Labute approximate surface area is 92.9 Å². The maximum atomic E-state index is 11.6. The molecule has 0 radical (unpaired) electrons. The molecule has 2 nitrogen and oxygen atoms in total. The first-order valence-electron chi connectivity index (χ1n) is 4.85. The normalized spacial score (nSPS) is 13.0. The highest BCUT2D eigenvalue weighted by Crippen LogP contribution is 2.19. The highest BCUT2D eigenvalue weighted by Gasteiger charge is 2.07. The Kier molecular flexibility index (Phi) is 2.53. The number of alkyl halides is 1. The molecule has 0 aliphatic heterocycles. The number of halogens is 1. The number of hydrogen-bond acceptors (Lipinski definition) is 1. The summed E-state index contributed by atoms with van der Waals surface area (Å²) in [5, 5.41) is 0.752. The van der Waals surface area contributed by atoms with E-state index in [1.807, 2.05) is 31.2 Å². The summed E-state index contributed by atoms with van der Waals surface area (Å²) in [6.45, 7) is 3.79. The molecule has 2 aromatic rings. The molecule has 1 unspecified atom stereocenters. The molecule has 1 aromatic carbocycles. The Morgan fingerprint density at radius 3 is 2.73 bits per heavy atom. The highest BCUT2D eigenvalue weighted by atomic mass is 35.5. The lowest BCUT2D eigenvalue weighted by Crippen LogP contribution is -2.12. The number of benzene rings is 1. The molecule has 78 valence electrons. The SMILES string of the molecule is Cc1ccc2cc(C(C)Cl)c(=O)[nH]c2c1. The van der Waals surface area contributed by atoms with Gasteiger partial charge in [0, 0.05) is 11.1 Å². The van der Waals surface area contributed by atoms with E-state index < -0.39 is 0 Å². The van der Waals surface area contributed by atoms with Crippen molar-refractivity contribution in [2.24, 2.45) is 0 Å². The van der Waals surface area contributed by atoms with Crippen LogP contribution in [0.3, 0.4) is 0 Å². The lowest BCUT2D eigenvalue weighted by Gasteiger charge is -2.05. The summed E-state index contributed by atoms with van der Waals surface area (Å²) in [6.07, 6.45) is 0. The van der Waals surface area contributed by atoms with Crippen LogP contribution in [0.25, 0.3) is 10.9 Å². The van der Waals surface area contributed by atoms with Crippen LogP contribution in [-0.2, 0) is 0 Å². The van der Waals surface area contributed by atoms with E-state index in [2.05, 4.69) is 4.98 Å². The van der Waals surface area contributed by atoms with Crippen molar-refractivity contribution in [1.29, 1.82) is 0 Å². The first kappa shape index (κ1) is 10.2. The van der Waals surface area contributed by atoms with Crippen LogP contribution in [0.1, 0.15) is 23.4 Å². The first-order chi connectivity index (χ1) is 7.08. The van der Waals surface area contributed by atoms with Gasteiger partial charge in [-0.1, -0.05) is 12.1 Å². The second kappa shape index (κ2) is 3.70. The van der Waals surface area contributed by atoms with E-state index in [4.69, 9.17) is 11.6 Å². The minimum absolute atomic E-state index is 0.101. The van der Waals surface area contributed by atoms with Gasteiger partial charge in [-0.2, -0.15) is 0 Å². The van der Waals surface area contributed by atoms with Crippen LogP contribution in [-0.4, -0.2) is 4.98 Å². The van der Waals surface area contributed by atoms with E-state index in [1.165, 1.54) is 0 Å². The minimum Gasteiger partial charge on any atom is -0.322 e. The van der Waals surface area contributed by atoms with Crippen molar-refractivity contribution in [3.8, 4) is 0 Å². The Hall–Kier alpha value is -1.28. The summed E-state index contributed by atoms with van der Waals surface area (Å²) in [5.74, 6) is 0. The second-order valence-corrected chi connectivity index (χ2v) is 4.42. The average Bonchev–Trinajstić information content (AvgIpc) is 2.15. The molecular weight excluding hydrogens is 210 g/mol. The molecule has 0 saturated carbocycles. The van der Waals surface area contributed by atoms with Gasteiger partial charge in [0.15, 0.2) is 0 Å². The molecule has 1 N–H and O–H groups in total. The van der Waals surface area contributed by atoms with E-state index in [1.54, 1.807) is 6.92 Å². The number of nitrogens with one attached hydrogen (secondary N) is 1. The summed E-state index contributed by atoms with van der Waals surface area (Å²) >= 11 is 5.92. The molecule has 1 atom stereocenters. The fourth-order valence-electron chi connectivity index (χ4n) is 1.63. The molecule has 0 aliphatic rings. The summed E-state index contributed by atoms with van der Waals surface area (Å²) in [5.41, 5.74) is 2.51. The van der Waals surface area contributed by atoms with Crippen molar-refractivity contribution in [2.75, 3.05) is 0 Å². The Bertz CT molecular complexity index is 557. The van der Waals surface area contributed by atoms with Crippen LogP contribution in [0.4, 0.5) is 0 Å². The lowest BCUT2D eigenvalue weighted by atomic mass is 10.1. The van der Waals surface area contributed by atoms with E-state index in [0.29, 0.717) is 5.56 Å². The van der Waals surface area contributed by atoms with Gasteiger partial charge in [0.25, 0.3) is 5.56 Å². The number of aromatic amines is 1. The van der Waals surface area contributed by atoms with Crippen molar-refractivity contribution >= 4 is 22.5 Å². The molecular formula is C12H12ClNO. The molecule has 2 rings (SSSR count). The standard InChI is InChI=1S/C12H12ClNO/c1-7-3-4-9-6-10(8(2)13)12(15)14-11(9)5-7/h3-6,8H,1-2H3,(H,14,15). The largest absolute Gasteiger partial charge is 0.322 e. The molecule has 15 heavy (non-hydrogen) atoms. The molecule has 3 heteroatoms. The van der Waals surface area contributed by atoms with Crippen molar-refractivity contribution in [3.63, 3.8) is 0 Å². The molecule has 1 aromatic heterocycles. The lowest BCUT2D eigenvalue weighted by molar-refractivity contribution is 1.04. The quantitative estimate of drug-likeness (QED) is 0.738. The van der Waals surface area contributed by atoms with E-state index >= 15 is 0 Å². The maximum absolute atomic E-state index is 11.6. The van der Waals surface area contributed by atoms with Gasteiger partial charge in [-0.25, -0.2) is 0 Å². The highest BCUT2D eigenvalue weighted by molar-refractivity contribution is 6.20. The van der Waals surface area contributed by atoms with Gasteiger partial charge in [-0.15, -0.1) is 11.6 Å². The third-order valence-corrected chi connectivity index (χ3v) is 2.69. The average molecular weight is 222 g/mol. The van der Waals surface area contributed by atoms with E-state index in [9.17, 15) is 4.79 Å². The minimum atomic E-state index is -0.264. The van der Waals surface area contributed by atoms with E-state index in [-0.39, 0.29) is 10.9 Å². The van der Waals surface area contributed by atoms with Gasteiger partial charge < -0.3 is 4.98 Å². The summed E-state index contributed by atoms with van der Waals surface area (Å²) in [7, 11) is 0. The number of rotatable bonds is 1. The molecule has 0 bridgehead atoms. The monoisotopic (exact) mass is 221 g/mol. The number of pyridine rings is 1. The first-order valence-corrected chi connectivity index (χ1v) is 5.29. The van der Waals surface area contributed by atoms with Gasteiger partial charge in [0.2, 0.25) is 0 Å². The van der Waals surface area contributed by atoms with Crippen LogP contribution in [0.2, 0.25) is 0 Å². The Morgan fingerprint density at radius 2 is 2.07 bits per heavy atom. The van der Waals surface area contributed by atoms with Crippen molar-refractivity contribution in [2.45, 2.75) is 19.2 Å². The van der Waals surface area contributed by atoms with Gasteiger partial charge >= 0.3 is 0 Å². The Balaban J connectivity index is 2.76. The molecule has 1 heterocycles. The van der Waals surface area contributed by atoms with Crippen LogP contribution in [0, 0.1) is 6.92 Å². The summed E-state index contributed by atoms with van der Waals surface area (Å²) in [6, 6.07) is 7.82. The number of aromatic nitrogens is 1. The van der Waals surface area contributed by atoms with Gasteiger partial charge in [0.05, 0.1) is 5.38 Å². The van der Waals surface area contributed by atoms with Crippen LogP contribution < -0.4 is 5.56 Å². The van der Waals surface area contributed by atoms with Crippen molar-refractivity contribution in [3.05, 3.63) is 45.7 Å². The second-order valence-electron chi connectivity index (χ2n) is 3.76. The zero-order valence-electron chi connectivity index (χ0n) is 8.67. The zero-order valence-corrected chi connectivity index (χ0v) is 9.43. The molecule has 0 amide bonds. The molecule has 0 spiro atoms. The van der Waals surface area contributed by atoms with Crippen LogP contribution in [0.15, 0.2) is 29.1 Å². The smallest absolute Gasteiger partial charge is 0.253 e. The zero-order chi connectivity index (χ0) is 11.0. The third-order valence-electron chi connectivity index (χ3n) is 2.46. The van der Waals surface area contributed by atoms with Crippen LogP contribution in [0.5, 0.6) is 0 Å². The molecule has 0 saturated heterocycles. The third kappa shape index (κ3) is 1.90. The van der Waals surface area contributed by atoms with Gasteiger partial charge in [-0.05, 0) is 36.9 Å². The summed E-state index contributed by atoms with van der Waals surface area (Å²) < 4.78 is 0. The van der Waals surface area contributed by atoms with Gasteiger partial charge in [-0.3, -0.25) is 4.79 Å². The van der Waals surface area contributed by atoms with Crippen molar-refractivity contribution in [1.82, 2.24) is 4.98 Å². The predicted octanol–water partition coefficient (Wildman–Crippen LogP) is 3.14. The molecule has 0 fully saturated rings. The van der Waals surface area contributed by atoms with E-state index in [0.717, 1.165) is 16.5 Å².